The fourth-order valence-electron chi connectivity index (χ4n) is 2.37. The molecule has 1 aromatic carbocycles. The van der Waals surface area contributed by atoms with Gasteiger partial charge in [0.25, 0.3) is 0 Å². The second kappa shape index (κ2) is 5.69. The lowest BCUT2D eigenvalue weighted by Crippen LogP contribution is -2.18. The molecule has 2 N–H and O–H groups in total. The van der Waals surface area contributed by atoms with E-state index in [-0.39, 0.29) is 0 Å². The van der Waals surface area contributed by atoms with Gasteiger partial charge in [0.2, 0.25) is 0 Å². The quantitative estimate of drug-likeness (QED) is 0.709. The van der Waals surface area contributed by atoms with Gasteiger partial charge in [-0.25, -0.2) is 0 Å². The van der Waals surface area contributed by atoms with Crippen LogP contribution >= 0.6 is 11.6 Å². The molecule has 20 heavy (non-hydrogen) atoms. The molecule has 0 fully saturated rings. The van der Waals surface area contributed by atoms with Gasteiger partial charge in [0, 0.05) is 41.9 Å². The Kier molecular flexibility index (Phi) is 3.76. The fourth-order valence-corrected chi connectivity index (χ4v) is 2.54. The predicted molar refractivity (Wildman–Crippen MR) is 81.9 cm³/mol. The number of H-pyrrole nitrogens is 1. The average Bonchev–Trinajstić information content (AvgIpc) is 3.01. The molecule has 0 unspecified atom stereocenters. The average molecular weight is 289 g/mol. The smallest absolute Gasteiger partial charge is 0.0518 e. The zero-order chi connectivity index (χ0) is 13.9. The molecule has 2 aromatic heterocycles. The largest absolute Gasteiger partial charge is 0.361 e. The molecule has 0 atom stereocenters. The summed E-state index contributed by atoms with van der Waals surface area (Å²) in [6.07, 6.45) is 4.85. The molecular formula is C15H17ClN4. The Labute approximate surface area is 122 Å². The normalized spacial score (nSPS) is 11.3. The van der Waals surface area contributed by atoms with Crippen LogP contribution in [0.1, 0.15) is 11.3 Å². The first kappa shape index (κ1) is 13.2. The van der Waals surface area contributed by atoms with Gasteiger partial charge in [0.15, 0.2) is 0 Å². The lowest BCUT2D eigenvalue weighted by molar-refractivity contribution is 0.626. The third-order valence-corrected chi connectivity index (χ3v) is 3.76. The van der Waals surface area contributed by atoms with Crippen molar-refractivity contribution in [2.45, 2.75) is 13.0 Å². The Balaban J connectivity index is 1.60. The van der Waals surface area contributed by atoms with Gasteiger partial charge in [-0.2, -0.15) is 5.10 Å². The third-order valence-electron chi connectivity index (χ3n) is 3.53. The van der Waals surface area contributed by atoms with Crippen LogP contribution in [0.4, 0.5) is 0 Å². The molecule has 0 aliphatic heterocycles. The minimum absolute atomic E-state index is 0.779. The molecule has 0 spiro atoms. The zero-order valence-electron chi connectivity index (χ0n) is 11.4. The monoisotopic (exact) mass is 288 g/mol. The second-order valence-corrected chi connectivity index (χ2v) is 5.31. The number of benzene rings is 1. The van der Waals surface area contributed by atoms with E-state index in [0.717, 1.165) is 30.0 Å². The number of hydrogen-bond acceptors (Lipinski definition) is 2. The summed E-state index contributed by atoms with van der Waals surface area (Å²) >= 11 is 6.05. The van der Waals surface area contributed by atoms with Crippen molar-refractivity contribution in [2.75, 3.05) is 6.54 Å². The minimum atomic E-state index is 0.779. The first-order valence-corrected chi connectivity index (χ1v) is 7.05. The number of rotatable bonds is 5. The lowest BCUT2D eigenvalue weighted by atomic mass is 10.1. The molecule has 104 valence electrons. The van der Waals surface area contributed by atoms with E-state index in [1.165, 1.54) is 16.6 Å². The van der Waals surface area contributed by atoms with Crippen LogP contribution in [0.3, 0.4) is 0 Å². The first-order chi connectivity index (χ1) is 9.74. The number of nitrogens with zero attached hydrogens (tertiary/aromatic N) is 2. The van der Waals surface area contributed by atoms with Crippen LogP contribution in [-0.4, -0.2) is 21.3 Å². The molecular weight excluding hydrogens is 272 g/mol. The Bertz CT molecular complexity index is 714. The highest BCUT2D eigenvalue weighted by molar-refractivity contribution is 6.31. The van der Waals surface area contributed by atoms with Crippen LogP contribution in [0.5, 0.6) is 0 Å². The van der Waals surface area contributed by atoms with Crippen LogP contribution in [-0.2, 0) is 20.0 Å². The summed E-state index contributed by atoms with van der Waals surface area (Å²) in [6.45, 7) is 1.75. The summed E-state index contributed by atoms with van der Waals surface area (Å²) < 4.78 is 1.89. The molecule has 0 radical (unpaired) electrons. The number of aromatic amines is 1. The van der Waals surface area contributed by atoms with Crippen LogP contribution in [0.15, 0.2) is 36.7 Å². The van der Waals surface area contributed by atoms with E-state index >= 15 is 0 Å². The SMILES string of the molecule is Cn1nccc1CNCCc1c[nH]c2ccc(Cl)cc12. The van der Waals surface area contributed by atoms with Gasteiger partial charge < -0.3 is 10.3 Å². The van der Waals surface area contributed by atoms with E-state index in [9.17, 15) is 0 Å². The van der Waals surface area contributed by atoms with E-state index in [4.69, 9.17) is 11.6 Å². The number of aromatic nitrogens is 3. The van der Waals surface area contributed by atoms with Crippen LogP contribution in [0.2, 0.25) is 5.02 Å². The maximum Gasteiger partial charge on any atom is 0.0518 e. The summed E-state index contributed by atoms with van der Waals surface area (Å²) in [5, 5.41) is 9.58. The van der Waals surface area contributed by atoms with Gasteiger partial charge in [0.1, 0.15) is 0 Å². The van der Waals surface area contributed by atoms with Crippen LogP contribution in [0, 0.1) is 0 Å². The summed E-state index contributed by atoms with van der Waals surface area (Å²) in [6, 6.07) is 7.97. The van der Waals surface area contributed by atoms with Gasteiger partial charge in [-0.1, -0.05) is 11.6 Å². The van der Waals surface area contributed by atoms with Gasteiger partial charge in [-0.3, -0.25) is 4.68 Å². The van der Waals surface area contributed by atoms with Crippen molar-refractivity contribution < 1.29 is 0 Å². The molecule has 3 aromatic rings. The van der Waals surface area contributed by atoms with Gasteiger partial charge in [0.05, 0.1) is 5.69 Å². The van der Waals surface area contributed by atoms with E-state index in [0.29, 0.717) is 0 Å². The van der Waals surface area contributed by atoms with Crippen molar-refractivity contribution in [3.63, 3.8) is 0 Å². The highest BCUT2D eigenvalue weighted by Crippen LogP contribution is 2.22. The molecule has 0 saturated carbocycles. The molecule has 0 aliphatic carbocycles. The van der Waals surface area contributed by atoms with E-state index < -0.39 is 0 Å². The summed E-state index contributed by atoms with van der Waals surface area (Å²) in [4.78, 5) is 3.28. The molecule has 0 aliphatic rings. The topological polar surface area (TPSA) is 45.6 Å². The summed E-state index contributed by atoms with van der Waals surface area (Å²) in [7, 11) is 1.96. The van der Waals surface area contributed by atoms with Gasteiger partial charge >= 0.3 is 0 Å². The minimum Gasteiger partial charge on any atom is -0.361 e. The van der Waals surface area contributed by atoms with E-state index in [1.54, 1.807) is 0 Å². The van der Waals surface area contributed by atoms with E-state index in [2.05, 4.69) is 21.6 Å². The van der Waals surface area contributed by atoms with Gasteiger partial charge in [-0.05, 0) is 42.8 Å². The van der Waals surface area contributed by atoms with Crippen molar-refractivity contribution in [1.82, 2.24) is 20.1 Å². The van der Waals surface area contributed by atoms with Crippen molar-refractivity contribution >= 4 is 22.5 Å². The van der Waals surface area contributed by atoms with Crippen LogP contribution < -0.4 is 5.32 Å². The Morgan fingerprint density at radius 1 is 1.35 bits per heavy atom. The molecule has 2 heterocycles. The number of nitrogens with one attached hydrogen (secondary N) is 2. The van der Waals surface area contributed by atoms with E-state index in [1.807, 2.05) is 42.2 Å². The fraction of sp³-hybridized carbons (Fsp3) is 0.267. The highest BCUT2D eigenvalue weighted by Gasteiger charge is 2.04. The van der Waals surface area contributed by atoms with Crippen molar-refractivity contribution in [3.8, 4) is 0 Å². The summed E-state index contributed by atoms with van der Waals surface area (Å²) in [5.41, 5.74) is 3.61. The first-order valence-electron chi connectivity index (χ1n) is 6.67. The van der Waals surface area contributed by atoms with Crippen molar-refractivity contribution in [1.29, 1.82) is 0 Å². The Morgan fingerprint density at radius 3 is 3.05 bits per heavy atom. The molecule has 0 amide bonds. The predicted octanol–water partition coefficient (Wildman–Crippen LogP) is 2.89. The Hall–Kier alpha value is -1.78. The number of fused-ring (bicyclic) bond motifs is 1. The zero-order valence-corrected chi connectivity index (χ0v) is 12.1. The number of aryl methyl sites for hydroxylation is 1. The van der Waals surface area contributed by atoms with Crippen LogP contribution in [0.25, 0.3) is 10.9 Å². The standard InChI is InChI=1S/C15H17ClN4/c1-20-13(5-7-19-20)10-17-6-4-11-9-18-15-3-2-12(16)8-14(11)15/h2-3,5,7-9,17-18H,4,6,10H2,1H3. The number of halogens is 1. The lowest BCUT2D eigenvalue weighted by Gasteiger charge is -2.05. The van der Waals surface area contributed by atoms with Crippen molar-refractivity contribution in [2.24, 2.45) is 7.05 Å². The molecule has 3 rings (SSSR count). The molecule has 5 heteroatoms. The summed E-state index contributed by atoms with van der Waals surface area (Å²) in [5.74, 6) is 0. The molecule has 0 bridgehead atoms. The maximum absolute atomic E-state index is 6.05. The van der Waals surface area contributed by atoms with Gasteiger partial charge in [-0.15, -0.1) is 0 Å². The molecule has 0 saturated heterocycles. The Morgan fingerprint density at radius 2 is 2.25 bits per heavy atom. The molecule has 4 nitrogen and oxygen atoms in total. The highest BCUT2D eigenvalue weighted by atomic mass is 35.5. The number of hydrogen-bond donors (Lipinski definition) is 2. The maximum atomic E-state index is 6.05. The van der Waals surface area contributed by atoms with Crippen molar-refractivity contribution in [3.05, 3.63) is 52.9 Å². The third kappa shape index (κ3) is 2.71. The second-order valence-electron chi connectivity index (χ2n) is 4.88.